The molecule has 0 saturated heterocycles. The lowest BCUT2D eigenvalue weighted by atomic mass is 9.75. The Bertz CT molecular complexity index is 1120. The fraction of sp³-hybridized carbons (Fsp3) is 0.350. The van der Waals surface area contributed by atoms with Gasteiger partial charge in [-0.3, -0.25) is 14.3 Å². The topological polar surface area (TPSA) is 91.1 Å². The van der Waals surface area contributed by atoms with Gasteiger partial charge in [-0.1, -0.05) is 6.92 Å². The second-order valence-electron chi connectivity index (χ2n) is 7.17. The Morgan fingerprint density at radius 2 is 2.15 bits per heavy atom. The van der Waals surface area contributed by atoms with E-state index in [9.17, 15) is 14.0 Å². The van der Waals surface area contributed by atoms with E-state index < -0.39 is 11.6 Å². The van der Waals surface area contributed by atoms with Crippen LogP contribution in [0.1, 0.15) is 36.8 Å². The zero-order chi connectivity index (χ0) is 19.3. The number of nitrogens with two attached hydrogens (primary N) is 1. The maximum atomic E-state index is 14.8. The number of aromatic nitrogens is 2. The molecule has 0 saturated carbocycles. The van der Waals surface area contributed by atoms with Gasteiger partial charge in [0, 0.05) is 42.6 Å². The molecule has 1 aliphatic carbocycles. The number of hydrogen-bond donors (Lipinski definition) is 1. The minimum absolute atomic E-state index is 0.0243. The van der Waals surface area contributed by atoms with Crippen molar-refractivity contribution in [2.75, 3.05) is 0 Å². The van der Waals surface area contributed by atoms with E-state index in [1.165, 1.54) is 10.6 Å². The van der Waals surface area contributed by atoms with E-state index in [1.807, 2.05) is 6.92 Å². The van der Waals surface area contributed by atoms with E-state index in [-0.39, 0.29) is 23.3 Å². The van der Waals surface area contributed by atoms with Crippen molar-refractivity contribution in [3.05, 3.63) is 52.0 Å². The molecule has 0 fully saturated rings. The molecule has 1 aromatic carbocycles. The number of nitrogens with zero attached hydrogens (tertiary/aromatic N) is 2. The number of carbonyl (C=O) groups excluding carboxylic acids is 1. The molecule has 2 heterocycles. The number of benzene rings is 1. The van der Waals surface area contributed by atoms with Crippen molar-refractivity contribution < 1.29 is 13.6 Å². The molecule has 0 aliphatic heterocycles. The van der Waals surface area contributed by atoms with Gasteiger partial charge in [-0.15, -0.1) is 0 Å². The van der Waals surface area contributed by atoms with E-state index in [1.54, 1.807) is 25.5 Å². The molecule has 2 unspecified atom stereocenters. The van der Waals surface area contributed by atoms with Gasteiger partial charge in [-0.25, -0.2) is 9.18 Å². The molecule has 7 heteroatoms. The Morgan fingerprint density at radius 3 is 2.89 bits per heavy atom. The molecule has 0 radical (unpaired) electrons. The maximum Gasteiger partial charge on any atom is 0.419 e. The molecule has 1 amide bonds. The number of oxazole rings is 1. The Labute approximate surface area is 154 Å². The lowest BCUT2D eigenvalue weighted by molar-refractivity contribution is -0.122. The van der Waals surface area contributed by atoms with Crippen molar-refractivity contribution in [3.8, 4) is 11.1 Å². The first-order chi connectivity index (χ1) is 12.9. The summed E-state index contributed by atoms with van der Waals surface area (Å²) in [6.07, 6.45) is 5.90. The van der Waals surface area contributed by atoms with Crippen molar-refractivity contribution in [3.63, 3.8) is 0 Å². The first-order valence-corrected chi connectivity index (χ1v) is 8.94. The number of amides is 1. The van der Waals surface area contributed by atoms with Crippen LogP contribution in [-0.4, -0.2) is 15.5 Å². The Balaban J connectivity index is 1.91. The minimum atomic E-state index is -0.537. The first-order valence-electron chi connectivity index (χ1n) is 8.94. The van der Waals surface area contributed by atoms with Gasteiger partial charge in [-0.05, 0) is 42.4 Å². The van der Waals surface area contributed by atoms with Crippen LogP contribution >= 0.6 is 0 Å². The Morgan fingerprint density at radius 1 is 1.37 bits per heavy atom. The van der Waals surface area contributed by atoms with Gasteiger partial charge in [0.15, 0.2) is 5.58 Å². The summed E-state index contributed by atoms with van der Waals surface area (Å²) in [5.41, 5.74) is 9.24. The molecule has 3 aromatic rings. The van der Waals surface area contributed by atoms with E-state index in [4.69, 9.17) is 10.2 Å². The average Bonchev–Trinajstić information content (AvgIpc) is 2.92. The number of fused-ring (bicyclic) bond motifs is 2. The number of halogens is 1. The third-order valence-corrected chi connectivity index (χ3v) is 5.66. The summed E-state index contributed by atoms with van der Waals surface area (Å²) in [5, 5.41) is 0. The zero-order valence-corrected chi connectivity index (χ0v) is 15.2. The highest BCUT2D eigenvalue weighted by atomic mass is 19.1. The summed E-state index contributed by atoms with van der Waals surface area (Å²) in [6.45, 7) is 1.82. The Kier molecular flexibility index (Phi) is 4.09. The molecule has 6 nitrogen and oxygen atoms in total. The third kappa shape index (κ3) is 2.74. The van der Waals surface area contributed by atoms with Crippen molar-refractivity contribution in [2.45, 2.75) is 32.1 Å². The van der Waals surface area contributed by atoms with Crippen LogP contribution in [0.4, 0.5) is 4.39 Å². The average molecular weight is 369 g/mol. The largest absolute Gasteiger partial charge is 0.419 e. The summed E-state index contributed by atoms with van der Waals surface area (Å²) in [4.78, 5) is 27.7. The van der Waals surface area contributed by atoms with Crippen molar-refractivity contribution >= 4 is 17.0 Å². The van der Waals surface area contributed by atoms with Gasteiger partial charge in [0.25, 0.3) is 0 Å². The first kappa shape index (κ1) is 17.5. The van der Waals surface area contributed by atoms with Crippen LogP contribution in [0.5, 0.6) is 0 Å². The molecule has 2 atom stereocenters. The molecule has 4 rings (SSSR count). The number of rotatable bonds is 3. The summed E-state index contributed by atoms with van der Waals surface area (Å²) in [6, 6.07) is 2.85. The lowest BCUT2D eigenvalue weighted by Gasteiger charge is -2.30. The fourth-order valence-corrected chi connectivity index (χ4v) is 4.06. The number of aryl methyl sites for hydroxylation is 1. The highest BCUT2D eigenvalue weighted by Crippen LogP contribution is 2.41. The summed E-state index contributed by atoms with van der Waals surface area (Å²) < 4.78 is 21.2. The van der Waals surface area contributed by atoms with Gasteiger partial charge in [0.2, 0.25) is 5.91 Å². The number of primary amides is 1. The minimum Gasteiger partial charge on any atom is -0.408 e. The number of carbonyl (C=O) groups is 1. The predicted octanol–water partition coefficient (Wildman–Crippen LogP) is 2.87. The molecule has 1 aliphatic rings. The van der Waals surface area contributed by atoms with Gasteiger partial charge in [0.05, 0.1) is 5.52 Å². The quantitative estimate of drug-likeness (QED) is 0.768. The van der Waals surface area contributed by atoms with Gasteiger partial charge < -0.3 is 10.2 Å². The van der Waals surface area contributed by atoms with Crippen molar-refractivity contribution in [1.82, 2.24) is 9.55 Å². The Hall–Kier alpha value is -2.96. The second-order valence-corrected chi connectivity index (χ2v) is 7.17. The van der Waals surface area contributed by atoms with Crippen LogP contribution in [0.3, 0.4) is 0 Å². The van der Waals surface area contributed by atoms with E-state index in [0.717, 1.165) is 30.4 Å². The van der Waals surface area contributed by atoms with Gasteiger partial charge in [0.1, 0.15) is 5.82 Å². The maximum absolute atomic E-state index is 14.8. The lowest BCUT2D eigenvalue weighted by Crippen LogP contribution is -2.28. The van der Waals surface area contributed by atoms with Crippen LogP contribution < -0.4 is 11.5 Å². The molecule has 0 spiro atoms. The van der Waals surface area contributed by atoms with Crippen LogP contribution in [0.2, 0.25) is 0 Å². The molecular weight excluding hydrogens is 349 g/mol. The standard InChI is InChI=1S/C20H20FN3O3/c1-10(19(22)25)11-4-3-5-12-14(11)8-23-9-15(12)13-6-17-18(7-16(13)21)27-20(26)24(17)2/h6-11H,3-5H2,1-2H3,(H2,22,25). The third-order valence-electron chi connectivity index (χ3n) is 5.66. The van der Waals surface area contributed by atoms with Crippen LogP contribution in [0, 0.1) is 11.7 Å². The zero-order valence-electron chi connectivity index (χ0n) is 15.2. The second kappa shape index (κ2) is 6.33. The fourth-order valence-electron chi connectivity index (χ4n) is 4.06. The molecule has 140 valence electrons. The SMILES string of the molecule is CC(C(N)=O)C1CCCc2c(-c3cc4c(cc3F)oc(=O)n4C)cncc21. The smallest absolute Gasteiger partial charge is 0.408 e. The predicted molar refractivity (Wildman–Crippen MR) is 98.7 cm³/mol. The molecular formula is C20H20FN3O3. The van der Waals surface area contributed by atoms with Gasteiger partial charge >= 0.3 is 5.76 Å². The van der Waals surface area contributed by atoms with Crippen molar-refractivity contribution in [2.24, 2.45) is 18.7 Å². The number of pyridine rings is 1. The van der Waals surface area contributed by atoms with Gasteiger partial charge in [-0.2, -0.15) is 0 Å². The summed E-state index contributed by atoms with van der Waals surface area (Å²) in [5.74, 6) is -1.70. The normalized spacial score (nSPS) is 17.7. The molecule has 2 N–H and O–H groups in total. The highest BCUT2D eigenvalue weighted by Gasteiger charge is 2.30. The number of hydrogen-bond acceptors (Lipinski definition) is 4. The van der Waals surface area contributed by atoms with Crippen LogP contribution in [0.25, 0.3) is 22.2 Å². The molecule has 0 bridgehead atoms. The summed E-state index contributed by atoms with van der Waals surface area (Å²) in [7, 11) is 1.58. The molecule has 27 heavy (non-hydrogen) atoms. The van der Waals surface area contributed by atoms with E-state index in [2.05, 4.69) is 4.98 Å². The highest BCUT2D eigenvalue weighted by molar-refractivity contribution is 5.83. The van der Waals surface area contributed by atoms with Crippen LogP contribution in [0.15, 0.2) is 33.7 Å². The monoisotopic (exact) mass is 369 g/mol. The molecule has 2 aromatic heterocycles. The summed E-state index contributed by atoms with van der Waals surface area (Å²) >= 11 is 0. The van der Waals surface area contributed by atoms with Crippen molar-refractivity contribution in [1.29, 1.82) is 0 Å². The van der Waals surface area contributed by atoms with Crippen LogP contribution in [-0.2, 0) is 18.3 Å². The van der Waals surface area contributed by atoms with E-state index >= 15 is 0 Å². The van der Waals surface area contributed by atoms with E-state index in [0.29, 0.717) is 16.6 Å².